The van der Waals surface area contributed by atoms with Crippen LogP contribution in [-0.2, 0) is 17.6 Å². The van der Waals surface area contributed by atoms with Crippen molar-refractivity contribution < 1.29 is 14.3 Å². The highest BCUT2D eigenvalue weighted by molar-refractivity contribution is 5.92. The second kappa shape index (κ2) is 9.51. The van der Waals surface area contributed by atoms with Gasteiger partial charge in [0.15, 0.2) is 0 Å². The summed E-state index contributed by atoms with van der Waals surface area (Å²) in [5.41, 5.74) is 4.16. The highest BCUT2D eigenvalue weighted by atomic mass is 16.5. The van der Waals surface area contributed by atoms with Gasteiger partial charge >= 0.3 is 0 Å². The van der Waals surface area contributed by atoms with E-state index in [4.69, 9.17) is 9.47 Å². The van der Waals surface area contributed by atoms with Crippen molar-refractivity contribution in [2.75, 3.05) is 13.2 Å². The number of nitrogens with one attached hydrogen (secondary N) is 1. The molecular weight excluding hydrogens is 390 g/mol. The molecule has 2 heterocycles. The van der Waals surface area contributed by atoms with Gasteiger partial charge in [0.1, 0.15) is 17.6 Å². The van der Waals surface area contributed by atoms with E-state index in [1.54, 1.807) is 18.3 Å². The van der Waals surface area contributed by atoms with Crippen LogP contribution in [0.1, 0.15) is 30.5 Å². The Balaban J connectivity index is 1.32. The predicted octanol–water partition coefficient (Wildman–Crippen LogP) is 3.97. The number of hydrogen-bond donors (Lipinski definition) is 1. The Labute approximate surface area is 182 Å². The van der Waals surface area contributed by atoms with E-state index in [2.05, 4.69) is 22.5 Å². The summed E-state index contributed by atoms with van der Waals surface area (Å²) in [4.78, 5) is 12.3. The van der Waals surface area contributed by atoms with E-state index < -0.39 is 0 Å². The monoisotopic (exact) mass is 417 g/mol. The Morgan fingerprint density at radius 3 is 2.90 bits per heavy atom. The smallest absolute Gasteiger partial charge is 0.244 e. The fourth-order valence-electron chi connectivity index (χ4n) is 3.66. The van der Waals surface area contributed by atoms with Crippen LogP contribution in [0.15, 0.2) is 60.9 Å². The molecule has 2 aromatic carbocycles. The van der Waals surface area contributed by atoms with E-state index in [9.17, 15) is 4.79 Å². The summed E-state index contributed by atoms with van der Waals surface area (Å²) in [5, 5.41) is 7.16. The first-order valence-corrected chi connectivity index (χ1v) is 10.6. The van der Waals surface area contributed by atoms with Crippen LogP contribution in [-0.4, -0.2) is 34.9 Å². The largest absolute Gasteiger partial charge is 0.493 e. The Bertz CT molecular complexity index is 1060. The quantitative estimate of drug-likeness (QED) is 0.564. The number of carbonyl (C=O) groups is 1. The lowest BCUT2D eigenvalue weighted by molar-refractivity contribution is -0.116. The third-order valence-corrected chi connectivity index (χ3v) is 5.16. The lowest BCUT2D eigenvalue weighted by Crippen LogP contribution is -2.23. The summed E-state index contributed by atoms with van der Waals surface area (Å²) in [6, 6.07) is 14.0. The van der Waals surface area contributed by atoms with E-state index in [0.29, 0.717) is 13.2 Å². The summed E-state index contributed by atoms with van der Waals surface area (Å²) in [7, 11) is 0. The summed E-state index contributed by atoms with van der Waals surface area (Å²) in [6.45, 7) is 5.14. The molecule has 1 unspecified atom stereocenters. The van der Waals surface area contributed by atoms with Gasteiger partial charge < -0.3 is 14.8 Å². The zero-order valence-electron chi connectivity index (χ0n) is 17.9. The lowest BCUT2D eigenvalue weighted by Gasteiger charge is -2.10. The number of rotatable bonds is 8. The molecule has 1 aromatic heterocycles. The highest BCUT2D eigenvalue weighted by Crippen LogP contribution is 2.35. The van der Waals surface area contributed by atoms with Crippen molar-refractivity contribution in [1.29, 1.82) is 0 Å². The number of amides is 1. The summed E-state index contributed by atoms with van der Waals surface area (Å²) in [5.74, 6) is 1.51. The fourth-order valence-corrected chi connectivity index (χ4v) is 3.66. The maximum Gasteiger partial charge on any atom is 0.244 e. The van der Waals surface area contributed by atoms with Gasteiger partial charge in [-0.05, 0) is 62.2 Å². The Hall–Kier alpha value is -3.54. The van der Waals surface area contributed by atoms with Crippen molar-refractivity contribution in [3.8, 4) is 17.2 Å². The number of fused-ring (bicyclic) bond motifs is 1. The van der Waals surface area contributed by atoms with Crippen molar-refractivity contribution in [3.63, 3.8) is 0 Å². The van der Waals surface area contributed by atoms with Crippen molar-refractivity contribution >= 4 is 12.0 Å². The first kappa shape index (κ1) is 20.7. The van der Waals surface area contributed by atoms with Gasteiger partial charge in [0.05, 0.1) is 12.3 Å². The minimum atomic E-state index is -0.134. The van der Waals surface area contributed by atoms with Gasteiger partial charge in [-0.2, -0.15) is 5.10 Å². The molecule has 0 aliphatic carbocycles. The molecule has 1 aliphatic rings. The molecule has 0 saturated carbocycles. The molecule has 1 N–H and O–H groups in total. The van der Waals surface area contributed by atoms with E-state index in [1.165, 1.54) is 0 Å². The van der Waals surface area contributed by atoms with Gasteiger partial charge in [-0.3, -0.25) is 4.79 Å². The molecule has 1 aliphatic heterocycles. The second-order valence-electron chi connectivity index (χ2n) is 7.55. The number of nitrogens with zero attached hydrogens (tertiary/aromatic N) is 2. The van der Waals surface area contributed by atoms with Gasteiger partial charge in [-0.1, -0.05) is 12.1 Å². The number of carbonyl (C=O) groups excluding carboxylic acids is 1. The Morgan fingerprint density at radius 2 is 2.16 bits per heavy atom. The van der Waals surface area contributed by atoms with Gasteiger partial charge in [0.2, 0.25) is 5.91 Å². The molecule has 6 nitrogen and oxygen atoms in total. The number of aromatic nitrogens is 2. The molecule has 6 heteroatoms. The molecule has 0 spiro atoms. The lowest BCUT2D eigenvalue weighted by atomic mass is 10.1. The van der Waals surface area contributed by atoms with Crippen molar-refractivity contribution in [2.45, 2.75) is 32.8 Å². The normalized spacial score (nSPS) is 15.0. The van der Waals surface area contributed by atoms with Gasteiger partial charge in [0, 0.05) is 42.6 Å². The minimum absolute atomic E-state index is 0.134. The van der Waals surface area contributed by atoms with Crippen LogP contribution in [0.25, 0.3) is 11.8 Å². The predicted molar refractivity (Wildman–Crippen MR) is 121 cm³/mol. The topological polar surface area (TPSA) is 65.4 Å². The summed E-state index contributed by atoms with van der Waals surface area (Å²) >= 11 is 0. The standard InChI is InChI=1S/C25H27N3O3/c1-3-30-23-17-21-15-18(2)31-24(21)16-20(23)7-10-25(29)26-13-11-19-5-8-22(9-6-19)28-14-4-12-27-28/h4-10,12,14,16-18H,3,11,13,15H2,1-2H3,(H,26,29)/b10-7+. The van der Waals surface area contributed by atoms with E-state index >= 15 is 0 Å². The average Bonchev–Trinajstić information content (AvgIpc) is 3.42. The SMILES string of the molecule is CCOc1cc2c(cc1/C=C/C(=O)NCCc1ccc(-n3cccn3)cc1)OC(C)C2. The van der Waals surface area contributed by atoms with Crippen LogP contribution >= 0.6 is 0 Å². The molecule has 3 aromatic rings. The minimum Gasteiger partial charge on any atom is -0.493 e. The van der Waals surface area contributed by atoms with Crippen molar-refractivity contribution in [1.82, 2.24) is 15.1 Å². The summed E-state index contributed by atoms with van der Waals surface area (Å²) in [6.07, 6.45) is 8.79. The van der Waals surface area contributed by atoms with Gasteiger partial charge in [-0.15, -0.1) is 0 Å². The number of ether oxygens (including phenoxy) is 2. The van der Waals surface area contributed by atoms with Crippen LogP contribution in [0, 0.1) is 0 Å². The molecule has 0 bridgehead atoms. The number of benzene rings is 2. The molecule has 1 atom stereocenters. The van der Waals surface area contributed by atoms with Gasteiger partial charge in [0.25, 0.3) is 0 Å². The molecule has 1 amide bonds. The molecule has 160 valence electrons. The molecule has 0 saturated heterocycles. The van der Waals surface area contributed by atoms with Crippen LogP contribution in [0.3, 0.4) is 0 Å². The third-order valence-electron chi connectivity index (χ3n) is 5.16. The first-order chi connectivity index (χ1) is 15.1. The zero-order chi connectivity index (χ0) is 21.6. The Kier molecular flexibility index (Phi) is 6.36. The summed E-state index contributed by atoms with van der Waals surface area (Å²) < 4.78 is 13.4. The average molecular weight is 418 g/mol. The molecule has 31 heavy (non-hydrogen) atoms. The highest BCUT2D eigenvalue weighted by Gasteiger charge is 2.21. The molecular formula is C25H27N3O3. The maximum atomic E-state index is 12.3. The third kappa shape index (κ3) is 5.15. The van der Waals surface area contributed by atoms with Crippen molar-refractivity contribution in [2.24, 2.45) is 0 Å². The van der Waals surface area contributed by atoms with Crippen LogP contribution in [0.5, 0.6) is 11.5 Å². The van der Waals surface area contributed by atoms with Crippen LogP contribution in [0.2, 0.25) is 0 Å². The van der Waals surface area contributed by atoms with E-state index in [0.717, 1.165) is 46.7 Å². The van der Waals surface area contributed by atoms with E-state index in [1.807, 2.05) is 55.1 Å². The van der Waals surface area contributed by atoms with E-state index in [-0.39, 0.29) is 12.0 Å². The fraction of sp³-hybridized carbons (Fsp3) is 0.280. The Morgan fingerprint density at radius 1 is 1.32 bits per heavy atom. The number of hydrogen-bond acceptors (Lipinski definition) is 4. The molecule has 0 radical (unpaired) electrons. The van der Waals surface area contributed by atoms with Crippen LogP contribution < -0.4 is 14.8 Å². The van der Waals surface area contributed by atoms with Crippen molar-refractivity contribution in [3.05, 3.63) is 77.6 Å². The zero-order valence-corrected chi connectivity index (χ0v) is 17.9. The van der Waals surface area contributed by atoms with Crippen LogP contribution in [0.4, 0.5) is 0 Å². The second-order valence-corrected chi connectivity index (χ2v) is 7.55. The molecule has 4 rings (SSSR count). The van der Waals surface area contributed by atoms with Gasteiger partial charge in [-0.25, -0.2) is 4.68 Å². The maximum absolute atomic E-state index is 12.3. The molecule has 0 fully saturated rings. The first-order valence-electron chi connectivity index (χ1n) is 10.6.